The predicted molar refractivity (Wildman–Crippen MR) is 65.4 cm³/mol. The van der Waals surface area contributed by atoms with Crippen molar-refractivity contribution in [2.45, 2.75) is 13.8 Å². The van der Waals surface area contributed by atoms with Crippen molar-refractivity contribution in [1.82, 2.24) is 0 Å². The molecule has 1 aromatic carbocycles. The third-order valence-corrected chi connectivity index (χ3v) is 3.30. The molecule has 0 heterocycles. The summed E-state index contributed by atoms with van der Waals surface area (Å²) >= 11 is 7.12. The summed E-state index contributed by atoms with van der Waals surface area (Å²) in [7, 11) is 0. The van der Waals surface area contributed by atoms with Gasteiger partial charge in [-0.15, -0.1) is 0 Å². The van der Waals surface area contributed by atoms with Gasteiger partial charge in [0.1, 0.15) is 0 Å². The van der Waals surface area contributed by atoms with E-state index in [-0.39, 0.29) is 0 Å². The number of anilines is 1. The topological polar surface area (TPSA) is 3.24 Å². The highest BCUT2D eigenvalue weighted by atomic mass is 79.9. The van der Waals surface area contributed by atoms with E-state index in [1.54, 1.807) is 0 Å². The maximum absolute atomic E-state index is 3.56. The fraction of sp³-hybridized carbons (Fsp3) is 0.400. The number of rotatable bonds is 3. The fourth-order valence-corrected chi connectivity index (χ4v) is 2.83. The third-order valence-electron chi connectivity index (χ3n) is 2.02. The molecule has 0 spiro atoms. The van der Waals surface area contributed by atoms with Gasteiger partial charge in [-0.05, 0) is 57.8 Å². The van der Waals surface area contributed by atoms with Gasteiger partial charge >= 0.3 is 0 Å². The fourth-order valence-electron chi connectivity index (χ4n) is 1.33. The van der Waals surface area contributed by atoms with Crippen molar-refractivity contribution in [1.29, 1.82) is 0 Å². The molecule has 0 N–H and O–H groups in total. The van der Waals surface area contributed by atoms with Gasteiger partial charge < -0.3 is 4.90 Å². The molecule has 1 rings (SSSR count). The first-order valence-electron chi connectivity index (χ1n) is 4.39. The molecule has 72 valence electrons. The zero-order valence-electron chi connectivity index (χ0n) is 7.85. The lowest BCUT2D eigenvalue weighted by atomic mass is 10.3. The van der Waals surface area contributed by atoms with Crippen LogP contribution < -0.4 is 4.90 Å². The number of benzene rings is 1. The smallest absolute Gasteiger partial charge is 0.0654 e. The molecule has 1 nitrogen and oxygen atoms in total. The predicted octanol–water partition coefficient (Wildman–Crippen LogP) is 4.06. The van der Waals surface area contributed by atoms with Crippen molar-refractivity contribution in [3.8, 4) is 0 Å². The van der Waals surface area contributed by atoms with Crippen molar-refractivity contribution in [3.63, 3.8) is 0 Å². The molecule has 0 bridgehead atoms. The molecule has 0 radical (unpaired) electrons. The molecule has 0 saturated heterocycles. The molecule has 0 amide bonds. The zero-order chi connectivity index (χ0) is 9.84. The summed E-state index contributed by atoms with van der Waals surface area (Å²) < 4.78 is 2.29. The van der Waals surface area contributed by atoms with Gasteiger partial charge in [-0.25, -0.2) is 0 Å². The van der Waals surface area contributed by atoms with Gasteiger partial charge in [0, 0.05) is 22.0 Å². The summed E-state index contributed by atoms with van der Waals surface area (Å²) in [5.74, 6) is 0. The average Bonchev–Trinajstić information content (AvgIpc) is 2.11. The Balaban J connectivity index is 3.10. The summed E-state index contributed by atoms with van der Waals surface area (Å²) in [6.45, 7) is 6.38. The van der Waals surface area contributed by atoms with Crippen LogP contribution in [-0.2, 0) is 0 Å². The van der Waals surface area contributed by atoms with Gasteiger partial charge in [-0.1, -0.05) is 6.07 Å². The Bertz CT molecular complexity index is 262. The molecule has 0 saturated carbocycles. The normalized spacial score (nSPS) is 10.2. The summed E-state index contributed by atoms with van der Waals surface area (Å²) in [4.78, 5) is 2.31. The van der Waals surface area contributed by atoms with E-state index in [2.05, 4.69) is 62.7 Å². The monoisotopic (exact) mass is 305 g/mol. The van der Waals surface area contributed by atoms with E-state index in [9.17, 15) is 0 Å². The van der Waals surface area contributed by atoms with E-state index in [1.165, 1.54) is 5.69 Å². The highest BCUT2D eigenvalue weighted by Gasteiger charge is 2.09. The van der Waals surface area contributed by atoms with Crippen molar-refractivity contribution in [2.75, 3.05) is 18.0 Å². The van der Waals surface area contributed by atoms with Crippen LogP contribution in [0, 0.1) is 0 Å². The maximum Gasteiger partial charge on any atom is 0.0654 e. The highest BCUT2D eigenvalue weighted by molar-refractivity contribution is 9.11. The second-order valence-electron chi connectivity index (χ2n) is 2.74. The molecule has 1 aromatic rings. The first-order valence-corrected chi connectivity index (χ1v) is 5.98. The SMILES string of the molecule is CCN(CC)c1c(Br)cccc1Br. The first kappa shape index (κ1) is 11.1. The Morgan fingerprint density at radius 1 is 1.08 bits per heavy atom. The van der Waals surface area contributed by atoms with Crippen LogP contribution in [0.2, 0.25) is 0 Å². The minimum Gasteiger partial charge on any atom is -0.370 e. The number of nitrogens with zero attached hydrogens (tertiary/aromatic N) is 1. The standard InChI is InChI=1S/C10H13Br2N/c1-3-13(4-2)10-8(11)6-5-7-9(10)12/h5-7H,3-4H2,1-2H3. The molecule has 3 heteroatoms. The van der Waals surface area contributed by atoms with Crippen molar-refractivity contribution < 1.29 is 0 Å². The second-order valence-corrected chi connectivity index (χ2v) is 4.45. The van der Waals surface area contributed by atoms with Gasteiger partial charge in [-0.3, -0.25) is 0 Å². The molecule has 0 fully saturated rings. The molecule has 0 aliphatic heterocycles. The first-order chi connectivity index (χ1) is 6.20. The second kappa shape index (κ2) is 5.01. The van der Waals surface area contributed by atoms with Crippen molar-refractivity contribution >= 4 is 37.5 Å². The number of hydrogen-bond donors (Lipinski definition) is 0. The average molecular weight is 307 g/mol. The van der Waals surface area contributed by atoms with Gasteiger partial charge in [0.25, 0.3) is 0 Å². The summed E-state index contributed by atoms with van der Waals surface area (Å²) in [5.41, 5.74) is 1.24. The molecular weight excluding hydrogens is 294 g/mol. The van der Waals surface area contributed by atoms with Crippen LogP contribution >= 0.6 is 31.9 Å². The number of para-hydroxylation sites is 1. The summed E-state index contributed by atoms with van der Waals surface area (Å²) in [6, 6.07) is 6.16. The molecule has 0 aromatic heterocycles. The quantitative estimate of drug-likeness (QED) is 0.814. The van der Waals surface area contributed by atoms with E-state index in [0.717, 1.165) is 22.0 Å². The minimum atomic E-state index is 1.03. The molecular formula is C10H13Br2N. The van der Waals surface area contributed by atoms with E-state index < -0.39 is 0 Å². The van der Waals surface area contributed by atoms with Crippen LogP contribution in [0.15, 0.2) is 27.1 Å². The molecule has 0 unspecified atom stereocenters. The molecule has 0 aliphatic rings. The van der Waals surface area contributed by atoms with E-state index >= 15 is 0 Å². The van der Waals surface area contributed by atoms with Gasteiger partial charge in [0.05, 0.1) is 5.69 Å². The Hall–Kier alpha value is -0.0200. The van der Waals surface area contributed by atoms with Crippen molar-refractivity contribution in [3.05, 3.63) is 27.1 Å². The zero-order valence-corrected chi connectivity index (χ0v) is 11.0. The van der Waals surface area contributed by atoms with Gasteiger partial charge in [0.15, 0.2) is 0 Å². The van der Waals surface area contributed by atoms with E-state index in [1.807, 2.05) is 6.07 Å². The molecule has 0 atom stereocenters. The number of hydrogen-bond acceptors (Lipinski definition) is 1. The van der Waals surface area contributed by atoms with Crippen molar-refractivity contribution in [2.24, 2.45) is 0 Å². The van der Waals surface area contributed by atoms with Crippen LogP contribution in [0.3, 0.4) is 0 Å². The van der Waals surface area contributed by atoms with Crippen LogP contribution in [0.25, 0.3) is 0 Å². The van der Waals surface area contributed by atoms with Crippen LogP contribution in [0.1, 0.15) is 13.8 Å². The maximum atomic E-state index is 3.56. The van der Waals surface area contributed by atoms with Crippen LogP contribution in [0.4, 0.5) is 5.69 Å². The summed E-state index contributed by atoms with van der Waals surface area (Å²) in [6.07, 6.45) is 0. The minimum absolute atomic E-state index is 1.03. The lowest BCUT2D eigenvalue weighted by molar-refractivity contribution is 0.861. The van der Waals surface area contributed by atoms with Crippen LogP contribution in [-0.4, -0.2) is 13.1 Å². The Kier molecular flexibility index (Phi) is 4.26. The van der Waals surface area contributed by atoms with E-state index in [0.29, 0.717) is 0 Å². The summed E-state index contributed by atoms with van der Waals surface area (Å²) in [5, 5.41) is 0. The molecule has 13 heavy (non-hydrogen) atoms. The lowest BCUT2D eigenvalue weighted by Gasteiger charge is -2.23. The Morgan fingerprint density at radius 3 is 1.92 bits per heavy atom. The Morgan fingerprint density at radius 2 is 1.54 bits per heavy atom. The third kappa shape index (κ3) is 2.47. The Labute approximate surface area is 96.4 Å². The lowest BCUT2D eigenvalue weighted by Crippen LogP contribution is -2.22. The number of halogens is 2. The van der Waals surface area contributed by atoms with Gasteiger partial charge in [0.2, 0.25) is 0 Å². The highest BCUT2D eigenvalue weighted by Crippen LogP contribution is 2.33. The van der Waals surface area contributed by atoms with E-state index in [4.69, 9.17) is 0 Å². The molecule has 0 aliphatic carbocycles. The van der Waals surface area contributed by atoms with Crippen LogP contribution in [0.5, 0.6) is 0 Å². The van der Waals surface area contributed by atoms with Gasteiger partial charge in [-0.2, -0.15) is 0 Å². The largest absolute Gasteiger partial charge is 0.370 e.